The molecule has 1 atom stereocenters. The van der Waals surface area contributed by atoms with Crippen molar-refractivity contribution in [3.63, 3.8) is 0 Å². The van der Waals surface area contributed by atoms with E-state index in [1.165, 1.54) is 12.1 Å². The van der Waals surface area contributed by atoms with Gasteiger partial charge in [-0.3, -0.25) is 14.7 Å². The van der Waals surface area contributed by atoms with E-state index >= 15 is 0 Å². The molecular formula is C10H7ClF4N4O4. The van der Waals surface area contributed by atoms with Crippen molar-refractivity contribution < 1.29 is 32.3 Å². The predicted octanol–water partition coefficient (Wildman–Crippen LogP) is 1.36. The summed E-state index contributed by atoms with van der Waals surface area (Å²) in [7, 11) is 0. The number of carbonyl (C=O) groups excluding carboxylic acids is 1. The Bertz CT molecular complexity index is 770. The molecule has 0 radical (unpaired) electrons. The van der Waals surface area contributed by atoms with Crippen LogP contribution in [0.2, 0.25) is 0 Å². The van der Waals surface area contributed by atoms with Crippen LogP contribution in [0.15, 0.2) is 16.9 Å². The number of hydrogen-bond donors (Lipinski definition) is 4. The summed E-state index contributed by atoms with van der Waals surface area (Å²) in [6, 6.07) is 2.72. The number of nitrogens with one attached hydrogen (secondary N) is 3. The maximum atomic E-state index is 12.4. The van der Waals surface area contributed by atoms with Crippen LogP contribution in [0.1, 0.15) is 0 Å². The van der Waals surface area contributed by atoms with E-state index < -0.39 is 23.7 Å². The minimum absolute atomic E-state index is 0.180. The number of carbonyl (C=O) groups is 2. The quantitative estimate of drug-likeness (QED) is 0.476. The molecule has 0 fully saturated rings. The van der Waals surface area contributed by atoms with Crippen LogP contribution >= 0.6 is 11.6 Å². The Balaban J connectivity index is 0.000000322. The van der Waals surface area contributed by atoms with Crippen molar-refractivity contribution in [3.05, 3.63) is 22.5 Å². The van der Waals surface area contributed by atoms with Gasteiger partial charge in [0.05, 0.1) is 5.39 Å². The van der Waals surface area contributed by atoms with Crippen LogP contribution in [0.3, 0.4) is 0 Å². The van der Waals surface area contributed by atoms with E-state index in [1.807, 2.05) is 0 Å². The number of anilines is 1. The summed E-state index contributed by atoms with van der Waals surface area (Å²) in [5, 5.41) is 16.0. The number of H-pyrrole nitrogens is 2. The van der Waals surface area contributed by atoms with Gasteiger partial charge in [0.2, 0.25) is 5.56 Å². The number of nitrogens with zero attached hydrogens (tertiary/aromatic N) is 1. The molecule has 0 aromatic carbocycles. The molecule has 0 aliphatic carbocycles. The van der Waals surface area contributed by atoms with Gasteiger partial charge in [-0.1, -0.05) is 11.6 Å². The first-order chi connectivity index (χ1) is 10.5. The molecule has 0 saturated heterocycles. The number of alkyl halides is 5. The molecule has 2 rings (SSSR count). The summed E-state index contributed by atoms with van der Waals surface area (Å²) in [5.74, 6) is -3.58. The number of aromatic amines is 2. The van der Waals surface area contributed by atoms with Crippen molar-refractivity contribution in [2.24, 2.45) is 0 Å². The largest absolute Gasteiger partial charge is 0.490 e. The van der Waals surface area contributed by atoms with E-state index in [0.29, 0.717) is 5.39 Å². The second-order valence-corrected chi connectivity index (χ2v) is 4.16. The Labute approximate surface area is 128 Å². The number of halogens is 5. The van der Waals surface area contributed by atoms with E-state index in [0.717, 1.165) is 0 Å². The molecule has 2 heterocycles. The molecule has 126 valence electrons. The molecule has 0 bridgehead atoms. The highest BCUT2D eigenvalue weighted by Crippen LogP contribution is 2.17. The molecule has 0 aliphatic rings. The van der Waals surface area contributed by atoms with Gasteiger partial charge in [-0.25, -0.2) is 9.18 Å². The van der Waals surface area contributed by atoms with Crippen LogP contribution in [0.5, 0.6) is 0 Å². The first kappa shape index (κ1) is 18.4. The third kappa shape index (κ3) is 5.25. The summed E-state index contributed by atoms with van der Waals surface area (Å²) in [5.41, 5.74) is -2.19. The third-order valence-electron chi connectivity index (χ3n) is 2.14. The van der Waals surface area contributed by atoms with Crippen molar-refractivity contribution in [1.29, 1.82) is 0 Å². The van der Waals surface area contributed by atoms with Gasteiger partial charge in [0.1, 0.15) is 5.82 Å². The number of carboxylic acid groups (broad SMARTS) is 1. The van der Waals surface area contributed by atoms with Gasteiger partial charge in [0.25, 0.3) is 11.5 Å². The number of fused-ring (bicyclic) bond motifs is 1. The topological polar surface area (TPSA) is 128 Å². The van der Waals surface area contributed by atoms with Gasteiger partial charge in [-0.05, 0) is 6.07 Å². The van der Waals surface area contributed by atoms with Crippen molar-refractivity contribution >= 4 is 40.3 Å². The normalized spacial score (nSPS) is 12.2. The smallest absolute Gasteiger partial charge is 0.475 e. The van der Waals surface area contributed by atoms with Crippen molar-refractivity contribution in [1.82, 2.24) is 15.2 Å². The minimum Gasteiger partial charge on any atom is -0.475 e. The lowest BCUT2D eigenvalue weighted by atomic mass is 10.3. The lowest BCUT2D eigenvalue weighted by Crippen LogP contribution is -2.21. The number of pyridine rings is 1. The van der Waals surface area contributed by atoms with Gasteiger partial charge in [-0.15, -0.1) is 0 Å². The monoisotopic (exact) mass is 358 g/mol. The van der Waals surface area contributed by atoms with E-state index in [4.69, 9.17) is 21.5 Å². The second kappa shape index (κ2) is 7.09. The number of aromatic nitrogens is 3. The van der Waals surface area contributed by atoms with Crippen LogP contribution < -0.4 is 10.9 Å². The first-order valence-electron chi connectivity index (χ1n) is 5.49. The number of carboxylic acids is 1. The van der Waals surface area contributed by atoms with Gasteiger partial charge in [0, 0.05) is 6.07 Å². The average Bonchev–Trinajstić information content (AvgIpc) is 2.80. The third-order valence-corrected chi connectivity index (χ3v) is 2.33. The minimum atomic E-state index is -5.08. The second-order valence-electron chi connectivity index (χ2n) is 3.78. The Hall–Kier alpha value is -2.63. The maximum absolute atomic E-state index is 12.4. The molecule has 23 heavy (non-hydrogen) atoms. The SMILES string of the molecule is O=C(Nc1[nH]nc2[nH]c(=O)ccc12)C(F)Cl.O=C(O)C(F)(F)F. The molecule has 0 aliphatic heterocycles. The van der Waals surface area contributed by atoms with Gasteiger partial charge in [0.15, 0.2) is 5.65 Å². The Morgan fingerprint density at radius 1 is 1.35 bits per heavy atom. The van der Waals surface area contributed by atoms with Crippen LogP contribution in [0.4, 0.5) is 23.4 Å². The zero-order valence-electron chi connectivity index (χ0n) is 10.7. The fourth-order valence-electron chi connectivity index (χ4n) is 1.20. The van der Waals surface area contributed by atoms with E-state index in [1.54, 1.807) is 0 Å². The molecule has 13 heteroatoms. The Morgan fingerprint density at radius 3 is 2.39 bits per heavy atom. The summed E-state index contributed by atoms with van der Waals surface area (Å²) in [4.78, 5) is 33.3. The zero-order valence-corrected chi connectivity index (χ0v) is 11.5. The Morgan fingerprint density at radius 2 is 1.91 bits per heavy atom. The lowest BCUT2D eigenvalue weighted by molar-refractivity contribution is -0.192. The summed E-state index contributed by atoms with van der Waals surface area (Å²) in [6.07, 6.45) is -5.08. The first-order valence-corrected chi connectivity index (χ1v) is 5.92. The molecule has 1 amide bonds. The van der Waals surface area contributed by atoms with E-state index in [2.05, 4.69) is 20.5 Å². The molecule has 2 aromatic rings. The number of aliphatic carboxylic acids is 1. The molecule has 0 saturated carbocycles. The van der Waals surface area contributed by atoms with Crippen molar-refractivity contribution in [2.75, 3.05) is 5.32 Å². The molecular weight excluding hydrogens is 352 g/mol. The molecule has 4 N–H and O–H groups in total. The molecule has 8 nitrogen and oxygen atoms in total. The predicted molar refractivity (Wildman–Crippen MR) is 69.8 cm³/mol. The lowest BCUT2D eigenvalue weighted by Gasteiger charge is -2.01. The van der Waals surface area contributed by atoms with Crippen LogP contribution in [0, 0.1) is 0 Å². The number of hydrogen-bond acceptors (Lipinski definition) is 4. The fraction of sp³-hybridized carbons (Fsp3) is 0.200. The maximum Gasteiger partial charge on any atom is 0.490 e. The molecule has 2 aromatic heterocycles. The number of rotatable bonds is 2. The van der Waals surface area contributed by atoms with Gasteiger partial charge >= 0.3 is 12.1 Å². The highest BCUT2D eigenvalue weighted by Gasteiger charge is 2.38. The highest BCUT2D eigenvalue weighted by molar-refractivity contribution is 6.31. The standard InChI is InChI=1S/C8H6ClFN4O2.C2HF3O2/c9-5(10)8(16)12-7-3-1-2-4(15)11-6(3)13-14-7;3-2(4,5)1(6)7/h1-2,5H,(H3,11,12,13,14,15,16);(H,6,7). The molecule has 1 unspecified atom stereocenters. The number of amides is 1. The summed E-state index contributed by atoms with van der Waals surface area (Å²) < 4.78 is 44.1. The van der Waals surface area contributed by atoms with E-state index in [9.17, 15) is 27.2 Å². The molecule has 0 spiro atoms. The van der Waals surface area contributed by atoms with Crippen LogP contribution in [0.25, 0.3) is 11.0 Å². The van der Waals surface area contributed by atoms with E-state index in [-0.39, 0.29) is 17.0 Å². The fourth-order valence-corrected chi connectivity index (χ4v) is 1.25. The highest BCUT2D eigenvalue weighted by atomic mass is 35.5. The summed E-state index contributed by atoms with van der Waals surface area (Å²) in [6.45, 7) is 0. The zero-order chi connectivity index (χ0) is 17.8. The van der Waals surface area contributed by atoms with Crippen LogP contribution in [-0.4, -0.2) is 44.0 Å². The van der Waals surface area contributed by atoms with Gasteiger partial charge < -0.3 is 15.4 Å². The summed E-state index contributed by atoms with van der Waals surface area (Å²) >= 11 is 4.95. The average molecular weight is 359 g/mol. The van der Waals surface area contributed by atoms with Gasteiger partial charge in [-0.2, -0.15) is 18.3 Å². The van der Waals surface area contributed by atoms with Crippen molar-refractivity contribution in [2.45, 2.75) is 11.8 Å². The van der Waals surface area contributed by atoms with Crippen molar-refractivity contribution in [3.8, 4) is 0 Å². The Kier molecular flexibility index (Phi) is 5.68. The van der Waals surface area contributed by atoms with Crippen LogP contribution in [-0.2, 0) is 9.59 Å².